The summed E-state index contributed by atoms with van der Waals surface area (Å²) < 4.78 is 0. The van der Waals surface area contributed by atoms with Crippen LogP contribution in [-0.2, 0) is 0 Å². The molecule has 0 nitrogen and oxygen atoms in total. The van der Waals surface area contributed by atoms with Crippen molar-refractivity contribution >= 4 is 0 Å². The van der Waals surface area contributed by atoms with Gasteiger partial charge in [-0.3, -0.25) is 0 Å². The van der Waals surface area contributed by atoms with Gasteiger partial charge in [0.1, 0.15) is 0 Å². The molecule has 0 aromatic carbocycles. The standard InChI is InChI=1S/C15H24/c1-14(2,3)12-8-7-9-13(11-10-12)15(4,5)6/h7-8,10-11H,9H2,1-6H3. The van der Waals surface area contributed by atoms with Crippen LogP contribution in [0.5, 0.6) is 0 Å². The molecule has 0 atom stereocenters. The Morgan fingerprint density at radius 3 is 1.93 bits per heavy atom. The number of rotatable bonds is 0. The zero-order chi connectivity index (χ0) is 11.7. The van der Waals surface area contributed by atoms with Gasteiger partial charge in [-0.25, -0.2) is 0 Å². The molecule has 1 rings (SSSR count). The third-order valence-corrected chi connectivity index (χ3v) is 2.93. The molecule has 0 amide bonds. The molecule has 1 aliphatic carbocycles. The second-order valence-corrected chi connectivity index (χ2v) is 6.42. The lowest BCUT2D eigenvalue weighted by Crippen LogP contribution is -2.08. The van der Waals surface area contributed by atoms with Crippen molar-refractivity contribution in [1.82, 2.24) is 0 Å². The predicted molar refractivity (Wildman–Crippen MR) is 68.8 cm³/mol. The predicted octanol–water partition coefficient (Wildman–Crippen LogP) is 4.89. The van der Waals surface area contributed by atoms with Crippen molar-refractivity contribution in [3.8, 4) is 0 Å². The maximum absolute atomic E-state index is 2.31. The Hall–Kier alpha value is -0.780. The van der Waals surface area contributed by atoms with Crippen LogP contribution in [0, 0.1) is 10.8 Å². The molecule has 0 saturated carbocycles. The van der Waals surface area contributed by atoms with Crippen molar-refractivity contribution in [3.63, 3.8) is 0 Å². The fourth-order valence-corrected chi connectivity index (χ4v) is 1.68. The summed E-state index contributed by atoms with van der Waals surface area (Å²) in [5.41, 5.74) is 3.47. The number of hydrogen-bond donors (Lipinski definition) is 0. The molecule has 0 bridgehead atoms. The smallest absolute Gasteiger partial charge is 0.0127 e. The van der Waals surface area contributed by atoms with Gasteiger partial charge in [-0.1, -0.05) is 71.4 Å². The van der Waals surface area contributed by atoms with Crippen LogP contribution in [0.4, 0.5) is 0 Å². The van der Waals surface area contributed by atoms with Crippen LogP contribution in [-0.4, -0.2) is 0 Å². The fraction of sp³-hybridized carbons (Fsp3) is 0.600. The van der Waals surface area contributed by atoms with Crippen molar-refractivity contribution in [2.24, 2.45) is 10.8 Å². The molecule has 15 heavy (non-hydrogen) atoms. The van der Waals surface area contributed by atoms with E-state index in [9.17, 15) is 0 Å². The normalized spacial score (nSPS) is 18.3. The zero-order valence-corrected chi connectivity index (χ0v) is 11.0. The van der Waals surface area contributed by atoms with Crippen LogP contribution in [0.25, 0.3) is 0 Å². The van der Waals surface area contributed by atoms with Crippen LogP contribution >= 0.6 is 0 Å². The molecule has 0 spiro atoms. The summed E-state index contributed by atoms with van der Waals surface area (Å²) >= 11 is 0. The van der Waals surface area contributed by atoms with E-state index in [1.54, 1.807) is 0 Å². The first kappa shape index (κ1) is 12.3. The van der Waals surface area contributed by atoms with Crippen LogP contribution in [0.15, 0.2) is 35.5 Å². The average molecular weight is 204 g/mol. The topological polar surface area (TPSA) is 0 Å². The summed E-state index contributed by atoms with van der Waals surface area (Å²) in [5, 5.41) is 0. The minimum atomic E-state index is 0.250. The first-order chi connectivity index (χ1) is 6.71. The Labute approximate surface area is 94.8 Å². The van der Waals surface area contributed by atoms with Gasteiger partial charge in [0.05, 0.1) is 0 Å². The summed E-state index contributed by atoms with van der Waals surface area (Å²) in [6.07, 6.45) is 10.2. The summed E-state index contributed by atoms with van der Waals surface area (Å²) in [5.74, 6) is 0. The molecule has 0 saturated heterocycles. The van der Waals surface area contributed by atoms with E-state index in [-0.39, 0.29) is 10.8 Å². The minimum absolute atomic E-state index is 0.250. The Balaban J connectivity index is 3.01. The fourth-order valence-electron chi connectivity index (χ4n) is 1.68. The number of allylic oxidation sites excluding steroid dienone is 6. The van der Waals surface area contributed by atoms with Gasteiger partial charge in [-0.05, 0) is 22.8 Å². The SMILES string of the molecule is CC(C)(C)C1=CC=C(C(C)(C)C)CC=C1. The van der Waals surface area contributed by atoms with Crippen molar-refractivity contribution in [2.75, 3.05) is 0 Å². The quantitative estimate of drug-likeness (QED) is 0.527. The molecular formula is C15H24. The van der Waals surface area contributed by atoms with Crippen molar-refractivity contribution < 1.29 is 0 Å². The molecule has 0 unspecified atom stereocenters. The van der Waals surface area contributed by atoms with Gasteiger partial charge in [0.15, 0.2) is 0 Å². The van der Waals surface area contributed by atoms with E-state index in [0.29, 0.717) is 0 Å². The van der Waals surface area contributed by atoms with E-state index in [1.165, 1.54) is 11.1 Å². The van der Waals surface area contributed by atoms with Gasteiger partial charge >= 0.3 is 0 Å². The zero-order valence-electron chi connectivity index (χ0n) is 11.0. The van der Waals surface area contributed by atoms with Crippen molar-refractivity contribution in [1.29, 1.82) is 0 Å². The van der Waals surface area contributed by atoms with Gasteiger partial charge in [-0.2, -0.15) is 0 Å². The van der Waals surface area contributed by atoms with E-state index < -0.39 is 0 Å². The Kier molecular flexibility index (Phi) is 3.28. The van der Waals surface area contributed by atoms with E-state index in [2.05, 4.69) is 65.8 Å². The summed E-state index contributed by atoms with van der Waals surface area (Å²) in [6.45, 7) is 13.6. The molecule has 0 fully saturated rings. The van der Waals surface area contributed by atoms with Gasteiger partial charge in [-0.15, -0.1) is 0 Å². The molecule has 1 aliphatic rings. The third kappa shape index (κ3) is 3.37. The Bertz CT molecular complexity index is 311. The maximum atomic E-state index is 2.31. The van der Waals surface area contributed by atoms with Gasteiger partial charge in [0.2, 0.25) is 0 Å². The van der Waals surface area contributed by atoms with Crippen molar-refractivity contribution in [2.45, 2.75) is 48.0 Å². The Morgan fingerprint density at radius 1 is 0.867 bits per heavy atom. The van der Waals surface area contributed by atoms with Gasteiger partial charge < -0.3 is 0 Å². The molecule has 0 aliphatic heterocycles. The lowest BCUT2D eigenvalue weighted by Gasteiger charge is -2.21. The highest BCUT2D eigenvalue weighted by molar-refractivity contribution is 5.35. The van der Waals surface area contributed by atoms with Crippen LogP contribution < -0.4 is 0 Å². The highest BCUT2D eigenvalue weighted by Gasteiger charge is 2.19. The van der Waals surface area contributed by atoms with Crippen LogP contribution in [0.1, 0.15) is 48.0 Å². The van der Waals surface area contributed by atoms with Crippen LogP contribution in [0.3, 0.4) is 0 Å². The van der Waals surface area contributed by atoms with E-state index >= 15 is 0 Å². The largest absolute Gasteiger partial charge is 0.0801 e. The lowest BCUT2D eigenvalue weighted by atomic mass is 9.84. The second-order valence-electron chi connectivity index (χ2n) is 6.42. The molecule has 0 heteroatoms. The van der Waals surface area contributed by atoms with E-state index in [1.807, 2.05) is 0 Å². The molecular weight excluding hydrogens is 180 g/mol. The minimum Gasteiger partial charge on any atom is -0.0801 e. The average Bonchev–Trinajstić information content (AvgIpc) is 2.24. The summed E-state index contributed by atoms with van der Waals surface area (Å²) in [7, 11) is 0. The maximum Gasteiger partial charge on any atom is -0.0127 e. The van der Waals surface area contributed by atoms with E-state index in [0.717, 1.165) is 6.42 Å². The second kappa shape index (κ2) is 4.00. The monoisotopic (exact) mass is 204 g/mol. The third-order valence-electron chi connectivity index (χ3n) is 2.93. The van der Waals surface area contributed by atoms with E-state index in [4.69, 9.17) is 0 Å². The highest BCUT2D eigenvalue weighted by Crippen LogP contribution is 2.33. The van der Waals surface area contributed by atoms with Crippen molar-refractivity contribution in [3.05, 3.63) is 35.5 Å². The summed E-state index contributed by atoms with van der Waals surface area (Å²) in [4.78, 5) is 0. The summed E-state index contributed by atoms with van der Waals surface area (Å²) in [6, 6.07) is 0. The lowest BCUT2D eigenvalue weighted by molar-refractivity contribution is 0.494. The van der Waals surface area contributed by atoms with Crippen LogP contribution in [0.2, 0.25) is 0 Å². The number of hydrogen-bond acceptors (Lipinski definition) is 0. The Morgan fingerprint density at radius 2 is 1.47 bits per heavy atom. The molecule has 0 heterocycles. The molecule has 84 valence electrons. The molecule has 0 radical (unpaired) electrons. The van der Waals surface area contributed by atoms with Gasteiger partial charge in [0, 0.05) is 0 Å². The first-order valence-corrected chi connectivity index (χ1v) is 5.79. The van der Waals surface area contributed by atoms with Gasteiger partial charge in [0.25, 0.3) is 0 Å². The highest BCUT2D eigenvalue weighted by atomic mass is 14.2. The molecule has 0 aromatic heterocycles. The molecule has 0 aromatic rings. The first-order valence-electron chi connectivity index (χ1n) is 5.79. The molecule has 0 N–H and O–H groups in total.